The third-order valence-electron chi connectivity index (χ3n) is 4.98. The van der Waals surface area contributed by atoms with E-state index in [-0.39, 0.29) is 5.97 Å². The predicted octanol–water partition coefficient (Wildman–Crippen LogP) is 5.99. The summed E-state index contributed by atoms with van der Waals surface area (Å²) in [6.45, 7) is 5.47. The average Bonchev–Trinajstić information content (AvgIpc) is 3.00. The first-order valence-corrected chi connectivity index (χ1v) is 10.1. The lowest BCUT2D eigenvalue weighted by molar-refractivity contribution is -0.142. The molecule has 0 saturated carbocycles. The number of carbonyl (C=O) groups is 1. The predicted molar refractivity (Wildman–Crippen MR) is 112 cm³/mol. The molecular formula is C24H29NO2. The lowest BCUT2D eigenvalue weighted by Crippen LogP contribution is -2.09. The lowest BCUT2D eigenvalue weighted by Gasteiger charge is -2.13. The first-order chi connectivity index (χ1) is 13.3. The van der Waals surface area contributed by atoms with Crippen molar-refractivity contribution in [1.82, 2.24) is 4.57 Å². The molecule has 3 nitrogen and oxygen atoms in total. The highest BCUT2D eigenvalue weighted by molar-refractivity contribution is 5.95. The van der Waals surface area contributed by atoms with Gasteiger partial charge in [-0.1, -0.05) is 74.7 Å². The minimum atomic E-state index is -0.163. The Hall–Kier alpha value is -2.55. The minimum absolute atomic E-state index is 0.163. The molecule has 0 atom stereocenters. The van der Waals surface area contributed by atoms with Gasteiger partial charge in [0.15, 0.2) is 0 Å². The maximum atomic E-state index is 12.3. The number of ether oxygens (including phenoxy) is 1. The molecule has 1 aromatic heterocycles. The summed E-state index contributed by atoms with van der Waals surface area (Å²) in [5.41, 5.74) is 4.59. The number of hydrogen-bond donors (Lipinski definition) is 0. The van der Waals surface area contributed by atoms with Gasteiger partial charge in [0, 0.05) is 17.4 Å². The van der Waals surface area contributed by atoms with Crippen LogP contribution in [0.2, 0.25) is 0 Å². The third kappa shape index (κ3) is 4.41. The number of carbonyl (C=O) groups excluding carboxylic acids is 1. The van der Waals surface area contributed by atoms with Crippen molar-refractivity contribution in [3.05, 3.63) is 60.2 Å². The minimum Gasteiger partial charge on any atom is -0.466 e. The monoisotopic (exact) mass is 363 g/mol. The van der Waals surface area contributed by atoms with Crippen LogP contribution in [0.4, 0.5) is 0 Å². The third-order valence-corrected chi connectivity index (χ3v) is 4.98. The second kappa shape index (κ2) is 9.40. The van der Waals surface area contributed by atoms with Crippen LogP contribution in [-0.4, -0.2) is 17.1 Å². The molecule has 0 fully saturated rings. The van der Waals surface area contributed by atoms with E-state index in [4.69, 9.17) is 4.74 Å². The Morgan fingerprint density at radius 1 is 0.926 bits per heavy atom. The number of hydrogen-bond acceptors (Lipinski definition) is 2. The van der Waals surface area contributed by atoms with Crippen LogP contribution in [0.25, 0.3) is 22.2 Å². The van der Waals surface area contributed by atoms with Crippen LogP contribution in [0.5, 0.6) is 0 Å². The van der Waals surface area contributed by atoms with E-state index in [0.717, 1.165) is 35.2 Å². The van der Waals surface area contributed by atoms with E-state index in [0.29, 0.717) is 13.0 Å². The van der Waals surface area contributed by atoms with Crippen molar-refractivity contribution in [2.75, 3.05) is 6.61 Å². The molecule has 3 aromatic rings. The zero-order valence-corrected chi connectivity index (χ0v) is 16.4. The summed E-state index contributed by atoms with van der Waals surface area (Å²) in [5.74, 6) is -0.163. The zero-order valence-electron chi connectivity index (χ0n) is 16.4. The first-order valence-electron chi connectivity index (χ1n) is 10.1. The standard InChI is InChI=1S/C24H29NO2/c1-3-5-6-12-17-25-22-16-11-10-15-20(22)21(18-23(26)27-4-2)24(25)19-13-8-7-9-14-19/h7-11,13-16H,3-6,12,17-18H2,1-2H3. The van der Waals surface area contributed by atoms with Gasteiger partial charge in [-0.25, -0.2) is 0 Å². The molecule has 3 heteroatoms. The van der Waals surface area contributed by atoms with Gasteiger partial charge in [-0.15, -0.1) is 0 Å². The molecule has 27 heavy (non-hydrogen) atoms. The van der Waals surface area contributed by atoms with Gasteiger partial charge in [-0.05, 0) is 30.5 Å². The van der Waals surface area contributed by atoms with Crippen molar-refractivity contribution in [2.45, 2.75) is 52.5 Å². The second-order valence-corrected chi connectivity index (χ2v) is 6.90. The molecule has 1 heterocycles. The van der Waals surface area contributed by atoms with Crippen LogP contribution in [0.3, 0.4) is 0 Å². The molecule has 0 aliphatic heterocycles. The Labute approximate surface area is 162 Å². The Morgan fingerprint density at radius 3 is 2.41 bits per heavy atom. The molecule has 142 valence electrons. The number of fused-ring (bicyclic) bond motifs is 1. The van der Waals surface area contributed by atoms with Crippen molar-refractivity contribution in [2.24, 2.45) is 0 Å². The van der Waals surface area contributed by atoms with Gasteiger partial charge in [0.05, 0.1) is 18.7 Å². The molecule has 0 N–H and O–H groups in total. The fraction of sp³-hybridized carbons (Fsp3) is 0.375. The summed E-state index contributed by atoms with van der Waals surface area (Å²) in [5, 5.41) is 1.15. The van der Waals surface area contributed by atoms with Crippen LogP contribution in [0, 0.1) is 0 Å². The molecule has 0 aliphatic carbocycles. The Kier molecular flexibility index (Phi) is 6.69. The van der Waals surface area contributed by atoms with E-state index in [1.54, 1.807) is 0 Å². The van der Waals surface area contributed by atoms with Gasteiger partial charge < -0.3 is 9.30 Å². The molecule has 0 bridgehead atoms. The van der Waals surface area contributed by atoms with Crippen molar-refractivity contribution in [3.63, 3.8) is 0 Å². The second-order valence-electron chi connectivity index (χ2n) is 6.90. The fourth-order valence-corrected chi connectivity index (χ4v) is 3.77. The maximum absolute atomic E-state index is 12.3. The molecule has 0 spiro atoms. The van der Waals surface area contributed by atoms with E-state index in [1.807, 2.05) is 19.1 Å². The van der Waals surface area contributed by atoms with Crippen LogP contribution in [0.15, 0.2) is 54.6 Å². The van der Waals surface area contributed by atoms with E-state index < -0.39 is 0 Å². The van der Waals surface area contributed by atoms with Crippen LogP contribution < -0.4 is 0 Å². The highest BCUT2D eigenvalue weighted by atomic mass is 16.5. The number of aryl methyl sites for hydroxylation is 1. The van der Waals surface area contributed by atoms with E-state index in [2.05, 4.69) is 54.0 Å². The van der Waals surface area contributed by atoms with Crippen LogP contribution in [-0.2, 0) is 22.5 Å². The average molecular weight is 364 g/mol. The summed E-state index contributed by atoms with van der Waals surface area (Å²) >= 11 is 0. The summed E-state index contributed by atoms with van der Waals surface area (Å²) in [4.78, 5) is 12.3. The smallest absolute Gasteiger partial charge is 0.310 e. The van der Waals surface area contributed by atoms with Gasteiger partial charge in [0.1, 0.15) is 0 Å². The number of esters is 1. The largest absolute Gasteiger partial charge is 0.466 e. The van der Waals surface area contributed by atoms with Crippen LogP contribution in [0.1, 0.15) is 45.1 Å². The Balaban J connectivity index is 2.11. The summed E-state index contributed by atoms with van der Waals surface area (Å²) < 4.78 is 7.66. The highest BCUT2D eigenvalue weighted by Gasteiger charge is 2.20. The highest BCUT2D eigenvalue weighted by Crippen LogP contribution is 2.35. The molecule has 0 saturated heterocycles. The number of unbranched alkanes of at least 4 members (excludes halogenated alkanes) is 3. The number of nitrogens with zero attached hydrogens (tertiary/aromatic N) is 1. The van der Waals surface area contributed by atoms with Crippen molar-refractivity contribution >= 4 is 16.9 Å². The number of aromatic nitrogens is 1. The molecule has 0 unspecified atom stereocenters. The Morgan fingerprint density at radius 2 is 1.67 bits per heavy atom. The molecule has 0 radical (unpaired) electrons. The molecular weight excluding hydrogens is 334 g/mol. The fourth-order valence-electron chi connectivity index (χ4n) is 3.77. The topological polar surface area (TPSA) is 31.2 Å². The van der Waals surface area contributed by atoms with Crippen molar-refractivity contribution < 1.29 is 9.53 Å². The van der Waals surface area contributed by atoms with E-state index >= 15 is 0 Å². The molecule has 2 aromatic carbocycles. The van der Waals surface area contributed by atoms with Crippen molar-refractivity contribution in [3.8, 4) is 11.3 Å². The van der Waals surface area contributed by atoms with Gasteiger partial charge in [-0.2, -0.15) is 0 Å². The zero-order chi connectivity index (χ0) is 19.1. The molecule has 3 rings (SSSR count). The van der Waals surface area contributed by atoms with Crippen LogP contribution >= 0.6 is 0 Å². The van der Waals surface area contributed by atoms with Gasteiger partial charge in [0.2, 0.25) is 0 Å². The van der Waals surface area contributed by atoms with Gasteiger partial charge in [0.25, 0.3) is 0 Å². The quantitative estimate of drug-likeness (QED) is 0.345. The molecule has 0 aliphatic rings. The molecule has 0 amide bonds. The van der Waals surface area contributed by atoms with E-state index in [9.17, 15) is 4.79 Å². The maximum Gasteiger partial charge on any atom is 0.310 e. The summed E-state index contributed by atoms with van der Waals surface area (Å²) in [7, 11) is 0. The van der Waals surface area contributed by atoms with E-state index in [1.165, 1.54) is 24.8 Å². The summed E-state index contributed by atoms with van der Waals surface area (Å²) in [6.07, 6.45) is 5.16. The first kappa shape index (κ1) is 19.2. The van der Waals surface area contributed by atoms with Crippen molar-refractivity contribution in [1.29, 1.82) is 0 Å². The summed E-state index contributed by atoms with van der Waals surface area (Å²) in [6, 6.07) is 18.8. The normalized spacial score (nSPS) is 11.0. The number of benzene rings is 2. The van der Waals surface area contributed by atoms with Gasteiger partial charge >= 0.3 is 5.97 Å². The Bertz CT molecular complexity index is 880. The van der Waals surface area contributed by atoms with Gasteiger partial charge in [-0.3, -0.25) is 4.79 Å². The number of rotatable bonds is 9. The number of para-hydroxylation sites is 1. The lowest BCUT2D eigenvalue weighted by atomic mass is 10.0. The SMILES string of the molecule is CCCCCCn1c(-c2ccccc2)c(CC(=O)OCC)c2ccccc21.